The first-order valence-electron chi connectivity index (χ1n) is 13.3. The van der Waals surface area contributed by atoms with Crippen LogP contribution in [-0.4, -0.2) is 67.2 Å². The second-order valence-electron chi connectivity index (χ2n) is 11.4. The fourth-order valence-corrected chi connectivity index (χ4v) is 5.44. The predicted octanol–water partition coefficient (Wildman–Crippen LogP) is 5.16. The number of aromatic nitrogens is 1. The number of fused-ring (bicyclic) bond motifs is 1. The zero-order valence-electron chi connectivity index (χ0n) is 24.5. The number of ether oxygens (including phenoxy) is 1. The number of hydrogen-bond donors (Lipinski definition) is 4. The second kappa shape index (κ2) is 13.5. The summed E-state index contributed by atoms with van der Waals surface area (Å²) in [6, 6.07) is 8.25. The van der Waals surface area contributed by atoms with Crippen LogP contribution in [0.25, 0.3) is 10.9 Å². The number of hydrogen-bond acceptors (Lipinski definition) is 6. The Morgan fingerprint density at radius 2 is 1.71 bits per heavy atom. The van der Waals surface area contributed by atoms with E-state index >= 15 is 0 Å². The van der Waals surface area contributed by atoms with Gasteiger partial charge >= 0.3 is 5.97 Å². The Balaban J connectivity index is 1.69. The Kier molecular flexibility index (Phi) is 10.7. The van der Waals surface area contributed by atoms with Crippen molar-refractivity contribution >= 4 is 60.2 Å². The van der Waals surface area contributed by atoms with Crippen molar-refractivity contribution in [3.05, 3.63) is 63.3 Å². The predicted molar refractivity (Wildman–Crippen MR) is 165 cm³/mol. The maximum absolute atomic E-state index is 13.2. The highest BCUT2D eigenvalue weighted by Gasteiger charge is 2.36. The van der Waals surface area contributed by atoms with E-state index in [2.05, 4.69) is 44.5 Å². The highest BCUT2D eigenvalue weighted by Crippen LogP contribution is 2.40. The van der Waals surface area contributed by atoms with E-state index in [0.29, 0.717) is 29.6 Å². The number of nitrogens with zero attached hydrogens (tertiary/aromatic N) is 1. The zero-order valence-corrected chi connectivity index (χ0v) is 27.0. The Morgan fingerprint density at radius 1 is 1.07 bits per heavy atom. The molecule has 0 fully saturated rings. The van der Waals surface area contributed by atoms with Crippen LogP contribution in [0.1, 0.15) is 53.2 Å². The first-order valence-corrected chi connectivity index (χ1v) is 17.0. The van der Waals surface area contributed by atoms with E-state index in [1.54, 1.807) is 23.7 Å². The van der Waals surface area contributed by atoms with Crippen molar-refractivity contribution in [1.82, 2.24) is 15.2 Å². The molecule has 13 heteroatoms. The van der Waals surface area contributed by atoms with Gasteiger partial charge in [0.2, 0.25) is 0 Å². The second-order valence-corrected chi connectivity index (χ2v) is 17.0. The third-order valence-corrected chi connectivity index (χ3v) is 12.9. The summed E-state index contributed by atoms with van der Waals surface area (Å²) in [4.78, 5) is 36.7. The number of aliphatic hydroxyl groups is 1. The monoisotopic (exact) mass is 637 g/mol. The summed E-state index contributed by atoms with van der Waals surface area (Å²) in [6.07, 6.45) is 0. The number of carbonyl (C=O) groups excluding carboxylic acids is 2. The minimum Gasteiger partial charge on any atom is -0.482 e. The molecular formula is C29H37Cl2N3O7Si. The molecule has 2 aromatic carbocycles. The fourth-order valence-electron chi connectivity index (χ4n) is 3.94. The number of rotatable bonds is 12. The number of carboxylic acids is 1. The summed E-state index contributed by atoms with van der Waals surface area (Å²) in [5.74, 6) is -1.74. The molecule has 42 heavy (non-hydrogen) atoms. The van der Waals surface area contributed by atoms with Gasteiger partial charge in [0.25, 0.3) is 11.8 Å². The Morgan fingerprint density at radius 3 is 2.29 bits per heavy atom. The van der Waals surface area contributed by atoms with Gasteiger partial charge in [-0.05, 0) is 41.9 Å². The molecule has 0 bridgehead atoms. The molecular weight excluding hydrogens is 601 g/mol. The molecule has 3 aromatic rings. The molecule has 0 aliphatic heterocycles. The number of aromatic carboxylic acids is 1. The van der Waals surface area contributed by atoms with E-state index in [9.17, 15) is 19.5 Å². The van der Waals surface area contributed by atoms with Gasteiger partial charge in [0.1, 0.15) is 16.5 Å². The van der Waals surface area contributed by atoms with Gasteiger partial charge in [-0.25, -0.2) is 4.79 Å². The van der Waals surface area contributed by atoms with Crippen LogP contribution >= 0.6 is 23.2 Å². The lowest BCUT2D eigenvalue weighted by molar-refractivity contribution is -0.123. The van der Waals surface area contributed by atoms with Crippen molar-refractivity contribution in [3.8, 4) is 5.75 Å². The van der Waals surface area contributed by atoms with Crippen molar-refractivity contribution in [2.24, 2.45) is 7.05 Å². The van der Waals surface area contributed by atoms with E-state index in [-0.39, 0.29) is 44.6 Å². The zero-order chi connectivity index (χ0) is 31.4. The van der Waals surface area contributed by atoms with Crippen LogP contribution in [-0.2, 0) is 16.3 Å². The minimum absolute atomic E-state index is 0.0720. The smallest absolute Gasteiger partial charge is 0.335 e. The van der Waals surface area contributed by atoms with Gasteiger partial charge in [-0.1, -0.05) is 56.1 Å². The van der Waals surface area contributed by atoms with Crippen LogP contribution in [0.15, 0.2) is 36.4 Å². The van der Waals surface area contributed by atoms with Crippen LogP contribution in [0.5, 0.6) is 5.75 Å². The summed E-state index contributed by atoms with van der Waals surface area (Å²) < 4.78 is 13.3. The number of carboxylic acid groups (broad SMARTS) is 1. The maximum Gasteiger partial charge on any atom is 0.335 e. The lowest BCUT2D eigenvalue weighted by atomic mass is 10.1. The molecule has 0 aliphatic rings. The topological polar surface area (TPSA) is 139 Å². The third-order valence-electron chi connectivity index (χ3n) is 7.53. The number of halogens is 2. The van der Waals surface area contributed by atoms with Gasteiger partial charge in [0, 0.05) is 25.0 Å². The fraction of sp³-hybridized carbons (Fsp3) is 0.414. The van der Waals surface area contributed by atoms with E-state index in [1.165, 1.54) is 24.3 Å². The van der Waals surface area contributed by atoms with Crippen LogP contribution in [0, 0.1) is 0 Å². The van der Waals surface area contributed by atoms with Gasteiger partial charge in [-0.15, -0.1) is 0 Å². The van der Waals surface area contributed by atoms with E-state index < -0.39 is 32.8 Å². The van der Waals surface area contributed by atoms with Crippen molar-refractivity contribution in [1.29, 1.82) is 0 Å². The molecule has 0 saturated heterocycles. The number of amides is 2. The molecule has 3 rings (SSSR count). The van der Waals surface area contributed by atoms with E-state index in [0.717, 1.165) is 0 Å². The number of nitrogens with one attached hydrogen (secondary N) is 2. The van der Waals surface area contributed by atoms with Gasteiger partial charge < -0.3 is 34.6 Å². The van der Waals surface area contributed by atoms with Crippen LogP contribution in [0.2, 0.25) is 28.2 Å². The minimum atomic E-state index is -1.91. The standard InChI is InChI=1S/C29H37Cl2N3O7Si/c1-29(2,3)42(5,6)41-12-11-32-24(36)16-40-23-14-21-19(25(30)26(23)31)13-22(34(21)4)27(37)33-20(15-35)17-7-9-18(10-8-17)28(38)39/h7-10,13-14,20,35H,11-12,15-16H2,1-6H3,(H,32,36)(H,33,37)(H,38,39). The highest BCUT2D eigenvalue weighted by atomic mass is 35.5. The average Bonchev–Trinajstić information content (AvgIpc) is 3.26. The molecule has 4 N–H and O–H groups in total. The van der Waals surface area contributed by atoms with Crippen LogP contribution in [0.3, 0.4) is 0 Å². The molecule has 1 unspecified atom stereocenters. The van der Waals surface area contributed by atoms with Gasteiger partial charge in [-0.2, -0.15) is 0 Å². The summed E-state index contributed by atoms with van der Waals surface area (Å²) >= 11 is 13.0. The summed E-state index contributed by atoms with van der Waals surface area (Å²) in [6.45, 7) is 10.8. The SMILES string of the molecule is Cn1c(C(=O)NC(CO)c2ccc(C(=O)O)cc2)cc2c(Cl)c(Cl)c(OCC(=O)NCCO[Si](C)(C)C(C)(C)C)cc21. The normalized spacial score (nSPS) is 12.7. The number of aliphatic hydroxyl groups excluding tert-OH is 1. The third kappa shape index (κ3) is 7.64. The van der Waals surface area contributed by atoms with Gasteiger partial charge in [-0.3, -0.25) is 9.59 Å². The largest absolute Gasteiger partial charge is 0.482 e. The number of benzene rings is 2. The molecule has 1 atom stereocenters. The lowest BCUT2D eigenvalue weighted by Gasteiger charge is -2.36. The van der Waals surface area contributed by atoms with Gasteiger partial charge in [0.05, 0.1) is 35.4 Å². The van der Waals surface area contributed by atoms with Crippen LogP contribution in [0.4, 0.5) is 0 Å². The molecule has 228 valence electrons. The summed E-state index contributed by atoms with van der Waals surface area (Å²) in [5, 5.41) is 25.4. The summed E-state index contributed by atoms with van der Waals surface area (Å²) in [5.41, 5.74) is 1.41. The number of aryl methyl sites for hydroxylation is 1. The molecule has 1 aromatic heterocycles. The van der Waals surface area contributed by atoms with Crippen molar-refractivity contribution in [2.75, 3.05) is 26.4 Å². The van der Waals surface area contributed by atoms with Crippen molar-refractivity contribution in [3.63, 3.8) is 0 Å². The first-order chi connectivity index (χ1) is 19.6. The lowest BCUT2D eigenvalue weighted by Crippen LogP contribution is -2.43. The number of carbonyl (C=O) groups is 3. The van der Waals surface area contributed by atoms with Crippen molar-refractivity contribution in [2.45, 2.75) is 44.9 Å². The van der Waals surface area contributed by atoms with E-state index in [4.69, 9.17) is 37.5 Å². The molecule has 1 heterocycles. The molecule has 0 radical (unpaired) electrons. The van der Waals surface area contributed by atoms with E-state index in [1.807, 2.05) is 0 Å². The molecule has 0 spiro atoms. The molecule has 0 aliphatic carbocycles. The van der Waals surface area contributed by atoms with Gasteiger partial charge in [0.15, 0.2) is 14.9 Å². The van der Waals surface area contributed by atoms with Crippen molar-refractivity contribution < 1.29 is 33.8 Å². The molecule has 2 amide bonds. The Bertz CT molecular complexity index is 1470. The highest BCUT2D eigenvalue weighted by molar-refractivity contribution is 6.74. The Labute approximate surface area is 256 Å². The average molecular weight is 639 g/mol. The Hall–Kier alpha value is -3.09. The maximum atomic E-state index is 13.2. The first kappa shape index (κ1) is 33.4. The molecule has 10 nitrogen and oxygen atoms in total. The quantitative estimate of drug-likeness (QED) is 0.159. The summed E-state index contributed by atoms with van der Waals surface area (Å²) in [7, 11) is -0.249. The van der Waals surface area contributed by atoms with Crippen LogP contribution < -0.4 is 15.4 Å². The molecule has 0 saturated carbocycles.